The van der Waals surface area contributed by atoms with Gasteiger partial charge in [-0.2, -0.15) is 4.98 Å². The minimum atomic E-state index is -0.516. The van der Waals surface area contributed by atoms with Gasteiger partial charge in [-0.1, -0.05) is 11.8 Å². The van der Waals surface area contributed by atoms with E-state index in [0.29, 0.717) is 17.4 Å². The molecule has 0 fully saturated rings. The van der Waals surface area contributed by atoms with Gasteiger partial charge in [0.1, 0.15) is 6.20 Å². The van der Waals surface area contributed by atoms with Crippen LogP contribution in [0.15, 0.2) is 11.2 Å². The SMILES string of the molecule is COCCCSc1nc(N)ncc1[N+](=O)[O-]. The van der Waals surface area contributed by atoms with Gasteiger partial charge >= 0.3 is 5.69 Å². The molecule has 88 valence electrons. The second kappa shape index (κ2) is 6.23. The van der Waals surface area contributed by atoms with Crippen molar-refractivity contribution in [3.05, 3.63) is 16.3 Å². The molecule has 8 heteroatoms. The molecule has 0 unspecified atom stereocenters. The first kappa shape index (κ1) is 12.7. The van der Waals surface area contributed by atoms with Crippen LogP contribution in [0.2, 0.25) is 0 Å². The Bertz CT molecular complexity index is 374. The maximum atomic E-state index is 10.7. The lowest BCUT2D eigenvalue weighted by Crippen LogP contribution is -2.01. The highest BCUT2D eigenvalue weighted by atomic mass is 32.2. The average Bonchev–Trinajstić information content (AvgIpc) is 2.24. The summed E-state index contributed by atoms with van der Waals surface area (Å²) in [6, 6.07) is 0. The molecule has 0 aliphatic heterocycles. The Balaban J connectivity index is 2.68. The fourth-order valence-corrected chi connectivity index (χ4v) is 1.86. The second-order valence-corrected chi connectivity index (χ2v) is 3.95. The van der Waals surface area contributed by atoms with Gasteiger partial charge in [0.15, 0.2) is 5.03 Å². The van der Waals surface area contributed by atoms with Gasteiger partial charge in [-0.25, -0.2) is 4.98 Å². The van der Waals surface area contributed by atoms with Crippen molar-refractivity contribution in [2.24, 2.45) is 0 Å². The van der Waals surface area contributed by atoms with E-state index in [4.69, 9.17) is 10.5 Å². The molecule has 0 aliphatic rings. The van der Waals surface area contributed by atoms with Gasteiger partial charge in [-0.3, -0.25) is 10.1 Å². The Morgan fingerprint density at radius 3 is 3.06 bits per heavy atom. The van der Waals surface area contributed by atoms with E-state index in [-0.39, 0.29) is 11.6 Å². The van der Waals surface area contributed by atoms with Gasteiger partial charge in [0.25, 0.3) is 0 Å². The van der Waals surface area contributed by atoms with Crippen LogP contribution in [-0.4, -0.2) is 34.4 Å². The lowest BCUT2D eigenvalue weighted by atomic mass is 10.5. The van der Waals surface area contributed by atoms with Gasteiger partial charge in [0, 0.05) is 19.5 Å². The van der Waals surface area contributed by atoms with Gasteiger partial charge < -0.3 is 10.5 Å². The highest BCUT2D eigenvalue weighted by Crippen LogP contribution is 2.26. The fourth-order valence-electron chi connectivity index (χ4n) is 0.976. The van der Waals surface area contributed by atoms with Crippen molar-refractivity contribution in [2.45, 2.75) is 11.4 Å². The summed E-state index contributed by atoms with van der Waals surface area (Å²) in [6.07, 6.45) is 1.92. The molecule has 0 saturated carbocycles. The number of nitrogens with zero attached hydrogens (tertiary/aromatic N) is 3. The fraction of sp³-hybridized carbons (Fsp3) is 0.500. The lowest BCUT2D eigenvalue weighted by molar-refractivity contribution is -0.388. The number of hydrogen-bond acceptors (Lipinski definition) is 7. The highest BCUT2D eigenvalue weighted by Gasteiger charge is 2.16. The number of nitrogen functional groups attached to an aromatic ring is 1. The van der Waals surface area contributed by atoms with Crippen molar-refractivity contribution in [3.63, 3.8) is 0 Å². The van der Waals surface area contributed by atoms with Crippen LogP contribution in [0.4, 0.5) is 11.6 Å². The highest BCUT2D eigenvalue weighted by molar-refractivity contribution is 7.99. The molecule has 0 atom stereocenters. The largest absolute Gasteiger partial charge is 0.385 e. The number of thioether (sulfide) groups is 1. The van der Waals surface area contributed by atoms with E-state index >= 15 is 0 Å². The van der Waals surface area contributed by atoms with Crippen LogP contribution < -0.4 is 5.73 Å². The lowest BCUT2D eigenvalue weighted by Gasteiger charge is -2.02. The molecule has 0 bridgehead atoms. The molecule has 1 aromatic rings. The number of rotatable bonds is 6. The standard InChI is InChI=1S/C8H12N4O3S/c1-15-3-2-4-16-7-6(12(13)14)5-10-8(9)11-7/h5H,2-4H2,1H3,(H2,9,10,11). The maximum absolute atomic E-state index is 10.7. The molecule has 0 radical (unpaired) electrons. The normalized spacial score (nSPS) is 10.3. The number of hydrogen-bond donors (Lipinski definition) is 1. The van der Waals surface area contributed by atoms with Crippen molar-refractivity contribution in [1.29, 1.82) is 0 Å². The van der Waals surface area contributed by atoms with Crippen LogP contribution in [0.3, 0.4) is 0 Å². The molecule has 2 N–H and O–H groups in total. The van der Waals surface area contributed by atoms with Crippen molar-refractivity contribution in [3.8, 4) is 0 Å². The monoisotopic (exact) mass is 244 g/mol. The van der Waals surface area contributed by atoms with E-state index in [1.807, 2.05) is 0 Å². The van der Waals surface area contributed by atoms with E-state index < -0.39 is 4.92 Å². The summed E-state index contributed by atoms with van der Waals surface area (Å²) < 4.78 is 4.88. The van der Waals surface area contributed by atoms with E-state index in [9.17, 15) is 10.1 Å². The molecule has 0 aromatic carbocycles. The zero-order valence-electron chi connectivity index (χ0n) is 8.75. The Morgan fingerprint density at radius 2 is 2.44 bits per heavy atom. The summed E-state index contributed by atoms with van der Waals surface area (Å²) >= 11 is 1.28. The first-order chi connectivity index (χ1) is 7.65. The number of ether oxygens (including phenoxy) is 1. The van der Waals surface area contributed by atoms with Crippen molar-refractivity contribution in [1.82, 2.24) is 9.97 Å². The Morgan fingerprint density at radius 1 is 1.69 bits per heavy atom. The quantitative estimate of drug-likeness (QED) is 0.262. The van der Waals surface area contributed by atoms with Crippen LogP contribution in [0.25, 0.3) is 0 Å². The van der Waals surface area contributed by atoms with Crippen LogP contribution in [0.1, 0.15) is 6.42 Å². The van der Waals surface area contributed by atoms with E-state index in [1.165, 1.54) is 11.8 Å². The molecule has 1 rings (SSSR count). The maximum Gasteiger partial charge on any atom is 0.319 e. The summed E-state index contributed by atoms with van der Waals surface area (Å²) in [7, 11) is 1.61. The van der Waals surface area contributed by atoms with E-state index in [2.05, 4.69) is 9.97 Å². The first-order valence-electron chi connectivity index (χ1n) is 4.53. The molecule has 0 aliphatic carbocycles. The van der Waals surface area contributed by atoms with E-state index in [1.54, 1.807) is 7.11 Å². The smallest absolute Gasteiger partial charge is 0.319 e. The third kappa shape index (κ3) is 3.63. The molecule has 0 amide bonds. The summed E-state index contributed by atoms with van der Waals surface area (Å²) in [5.41, 5.74) is 5.26. The van der Waals surface area contributed by atoms with Crippen LogP contribution >= 0.6 is 11.8 Å². The average molecular weight is 244 g/mol. The molecule has 1 aromatic heterocycles. The zero-order valence-corrected chi connectivity index (χ0v) is 9.57. The van der Waals surface area contributed by atoms with Crippen LogP contribution in [0.5, 0.6) is 0 Å². The molecule has 16 heavy (non-hydrogen) atoms. The summed E-state index contributed by atoms with van der Waals surface area (Å²) in [6.45, 7) is 0.612. The third-order valence-corrected chi connectivity index (χ3v) is 2.75. The number of nitro groups is 1. The Kier molecular flexibility index (Phi) is 4.93. The van der Waals surface area contributed by atoms with Crippen LogP contribution in [0, 0.1) is 10.1 Å². The summed E-state index contributed by atoms with van der Waals surface area (Å²) in [5, 5.41) is 11.0. The molecular formula is C8H12N4O3S. The number of nitrogens with two attached hydrogens (primary N) is 1. The Labute approximate surface area is 96.6 Å². The van der Waals surface area contributed by atoms with Gasteiger partial charge in [-0.15, -0.1) is 0 Å². The van der Waals surface area contributed by atoms with E-state index in [0.717, 1.165) is 12.6 Å². The van der Waals surface area contributed by atoms with Crippen molar-refractivity contribution in [2.75, 3.05) is 25.2 Å². The Hall–Kier alpha value is -1.41. The summed E-state index contributed by atoms with van der Waals surface area (Å²) in [5.74, 6) is 0.727. The van der Waals surface area contributed by atoms with Crippen molar-refractivity contribution < 1.29 is 9.66 Å². The summed E-state index contributed by atoms with van der Waals surface area (Å²) in [4.78, 5) is 17.6. The number of anilines is 1. The predicted octanol–water partition coefficient (Wildman–Crippen LogP) is 1.10. The minimum absolute atomic E-state index is 0.0415. The first-order valence-corrected chi connectivity index (χ1v) is 5.52. The van der Waals surface area contributed by atoms with Gasteiger partial charge in [0.05, 0.1) is 4.92 Å². The number of methoxy groups -OCH3 is 1. The molecule has 7 nitrogen and oxygen atoms in total. The molecule has 1 heterocycles. The number of aromatic nitrogens is 2. The molecule has 0 spiro atoms. The van der Waals surface area contributed by atoms with Crippen molar-refractivity contribution >= 4 is 23.4 Å². The molecule has 0 saturated heterocycles. The molecular weight excluding hydrogens is 232 g/mol. The minimum Gasteiger partial charge on any atom is -0.385 e. The van der Waals surface area contributed by atoms with Gasteiger partial charge in [-0.05, 0) is 6.42 Å². The van der Waals surface area contributed by atoms with Gasteiger partial charge in [0.2, 0.25) is 5.95 Å². The topological polar surface area (TPSA) is 104 Å². The second-order valence-electron chi connectivity index (χ2n) is 2.87. The zero-order chi connectivity index (χ0) is 12.0. The third-order valence-electron chi connectivity index (χ3n) is 1.68. The predicted molar refractivity (Wildman–Crippen MR) is 60.3 cm³/mol. The van der Waals surface area contributed by atoms with Crippen LogP contribution in [-0.2, 0) is 4.74 Å².